The molecule has 9 nitrogen and oxygen atoms in total. The molecule has 12 heteroatoms. The second kappa shape index (κ2) is 10.1. The number of thiazole rings is 1. The van der Waals surface area contributed by atoms with Gasteiger partial charge in [-0.05, 0) is 56.5 Å². The molecule has 0 aliphatic heterocycles. The molecular weight excluding hydrogens is 592 g/mol. The molecule has 0 unspecified atom stereocenters. The molecule has 7 rings (SSSR count). The van der Waals surface area contributed by atoms with Gasteiger partial charge < -0.3 is 5.11 Å². The van der Waals surface area contributed by atoms with Crippen LogP contribution < -0.4 is 0 Å². The average Bonchev–Trinajstić information content (AvgIpc) is 3.71. The maximum Gasteiger partial charge on any atom is 0.269 e. The van der Waals surface area contributed by atoms with Gasteiger partial charge in [-0.25, -0.2) is 22.4 Å². The minimum atomic E-state index is -4.08. The predicted molar refractivity (Wildman–Crippen MR) is 162 cm³/mol. The maximum absolute atomic E-state index is 14.2. The maximum atomic E-state index is 14.2. The molecule has 1 saturated carbocycles. The van der Waals surface area contributed by atoms with Gasteiger partial charge in [-0.1, -0.05) is 35.4 Å². The summed E-state index contributed by atoms with van der Waals surface area (Å²) in [5.74, 6) is 0. The van der Waals surface area contributed by atoms with Crippen LogP contribution in [-0.2, 0) is 22.2 Å². The van der Waals surface area contributed by atoms with Crippen molar-refractivity contribution in [2.24, 2.45) is 0 Å². The molecule has 5 aromatic heterocycles. The highest BCUT2D eigenvalue weighted by Gasteiger charge is 2.39. The van der Waals surface area contributed by atoms with E-state index in [1.165, 1.54) is 21.5 Å². The number of hydrogen-bond donors (Lipinski definition) is 1. The number of benzene rings is 1. The molecule has 1 aliphatic rings. The highest BCUT2D eigenvalue weighted by Crippen LogP contribution is 2.47. The first-order valence-corrected chi connectivity index (χ1v) is 16.0. The molecular formula is C30H25ClN6O3S2. The zero-order valence-electron chi connectivity index (χ0n) is 22.5. The van der Waals surface area contributed by atoms with Crippen molar-refractivity contribution in [2.45, 2.75) is 43.2 Å². The van der Waals surface area contributed by atoms with Crippen molar-refractivity contribution in [3.8, 4) is 21.7 Å². The number of aliphatic hydroxyl groups is 1. The van der Waals surface area contributed by atoms with Gasteiger partial charge in [0.2, 0.25) is 0 Å². The molecule has 0 bridgehead atoms. The Morgan fingerprint density at radius 3 is 2.57 bits per heavy atom. The lowest BCUT2D eigenvalue weighted by molar-refractivity contribution is -0.0389. The van der Waals surface area contributed by atoms with E-state index in [1.54, 1.807) is 59.8 Å². The Labute approximate surface area is 251 Å². The average molecular weight is 617 g/mol. The number of pyridine rings is 2. The summed E-state index contributed by atoms with van der Waals surface area (Å²) in [4.78, 5) is 14.3. The number of rotatable bonds is 7. The van der Waals surface area contributed by atoms with Gasteiger partial charge in [-0.2, -0.15) is 5.10 Å². The van der Waals surface area contributed by atoms with Crippen molar-refractivity contribution in [1.29, 1.82) is 0 Å². The van der Waals surface area contributed by atoms with Crippen molar-refractivity contribution >= 4 is 44.0 Å². The molecule has 0 radical (unpaired) electrons. The molecule has 0 atom stereocenters. The summed E-state index contributed by atoms with van der Waals surface area (Å²) in [6, 6.07) is 14.2. The van der Waals surface area contributed by atoms with Crippen LogP contribution in [0.2, 0.25) is 5.02 Å². The summed E-state index contributed by atoms with van der Waals surface area (Å²) in [5, 5.41) is 16.9. The summed E-state index contributed by atoms with van der Waals surface area (Å²) in [5.41, 5.74) is 2.70. The first kappa shape index (κ1) is 27.0. The van der Waals surface area contributed by atoms with Crippen LogP contribution in [0.5, 0.6) is 0 Å². The molecule has 0 saturated heterocycles. The summed E-state index contributed by atoms with van der Waals surface area (Å²) >= 11 is 8.10. The zero-order chi connectivity index (χ0) is 29.1. The number of hydrogen-bond acceptors (Lipinski definition) is 8. The lowest BCUT2D eigenvalue weighted by Crippen LogP contribution is -2.33. The molecule has 1 aromatic carbocycles. The number of aryl methyl sites for hydroxylation is 1. The van der Waals surface area contributed by atoms with Gasteiger partial charge in [-0.15, -0.1) is 11.3 Å². The summed E-state index contributed by atoms with van der Waals surface area (Å²) in [6.45, 7) is 2.33. The fourth-order valence-electron chi connectivity index (χ4n) is 5.18. The van der Waals surface area contributed by atoms with E-state index in [-0.39, 0.29) is 10.5 Å². The first-order valence-electron chi connectivity index (χ1n) is 13.4. The van der Waals surface area contributed by atoms with Gasteiger partial charge in [0.05, 0.1) is 38.9 Å². The van der Waals surface area contributed by atoms with Crippen molar-refractivity contribution in [1.82, 2.24) is 28.7 Å². The highest BCUT2D eigenvalue weighted by molar-refractivity contribution is 7.90. The zero-order valence-corrected chi connectivity index (χ0v) is 24.9. The van der Waals surface area contributed by atoms with Gasteiger partial charge >= 0.3 is 0 Å². The lowest BCUT2D eigenvalue weighted by atomic mass is 9.81. The second-order valence-electron chi connectivity index (χ2n) is 10.5. The third-order valence-corrected chi connectivity index (χ3v) is 10.8. The summed E-state index contributed by atoms with van der Waals surface area (Å²) in [7, 11) is -4.08. The summed E-state index contributed by atoms with van der Waals surface area (Å²) < 4.78 is 31.5. The van der Waals surface area contributed by atoms with E-state index in [4.69, 9.17) is 11.6 Å². The van der Waals surface area contributed by atoms with Gasteiger partial charge in [0.25, 0.3) is 10.0 Å². The summed E-state index contributed by atoms with van der Waals surface area (Å²) in [6.07, 6.45) is 10.6. The van der Waals surface area contributed by atoms with Crippen LogP contribution in [0.4, 0.5) is 0 Å². The molecule has 0 spiro atoms. The number of aromatic nitrogens is 6. The smallest absolute Gasteiger partial charge is 0.269 e. The van der Waals surface area contributed by atoms with E-state index in [0.29, 0.717) is 51.6 Å². The van der Waals surface area contributed by atoms with Gasteiger partial charge in [0, 0.05) is 41.3 Å². The topological polar surface area (TPSA) is 116 Å². The predicted octanol–water partition coefficient (Wildman–Crippen LogP) is 6.04. The quantitative estimate of drug-likeness (QED) is 0.233. The lowest BCUT2D eigenvalue weighted by Gasteiger charge is -2.34. The fraction of sp³-hybridized carbons (Fsp3) is 0.200. The minimum Gasteiger partial charge on any atom is -0.383 e. The van der Waals surface area contributed by atoms with Crippen molar-refractivity contribution in [3.05, 3.63) is 101 Å². The molecule has 0 amide bonds. The molecule has 5 heterocycles. The Kier molecular flexibility index (Phi) is 6.50. The Morgan fingerprint density at radius 1 is 1.05 bits per heavy atom. The molecule has 1 N–H and O–H groups in total. The van der Waals surface area contributed by atoms with E-state index < -0.39 is 15.6 Å². The second-order valence-corrected chi connectivity index (χ2v) is 13.7. The van der Waals surface area contributed by atoms with Crippen LogP contribution >= 0.6 is 22.9 Å². The number of nitrogens with zero attached hydrogens (tertiary/aromatic N) is 6. The fourth-order valence-corrected chi connectivity index (χ4v) is 8.11. The van der Waals surface area contributed by atoms with E-state index in [0.717, 1.165) is 22.6 Å². The van der Waals surface area contributed by atoms with E-state index >= 15 is 0 Å². The Hall–Kier alpha value is -3.90. The number of halogens is 1. The van der Waals surface area contributed by atoms with E-state index in [1.807, 2.05) is 25.1 Å². The van der Waals surface area contributed by atoms with Crippen LogP contribution in [0.15, 0.2) is 84.4 Å². The Morgan fingerprint density at radius 2 is 1.86 bits per heavy atom. The van der Waals surface area contributed by atoms with Crippen molar-refractivity contribution in [2.75, 3.05) is 0 Å². The molecule has 42 heavy (non-hydrogen) atoms. The van der Waals surface area contributed by atoms with Crippen molar-refractivity contribution in [3.63, 3.8) is 0 Å². The van der Waals surface area contributed by atoms with E-state index in [2.05, 4.69) is 20.1 Å². The highest BCUT2D eigenvalue weighted by atomic mass is 35.5. The van der Waals surface area contributed by atoms with Crippen LogP contribution in [0.3, 0.4) is 0 Å². The molecule has 1 fully saturated rings. The van der Waals surface area contributed by atoms with Crippen LogP contribution in [0, 0.1) is 6.92 Å². The minimum absolute atomic E-state index is 0.137. The van der Waals surface area contributed by atoms with Gasteiger partial charge in [0.1, 0.15) is 10.6 Å². The third kappa shape index (κ3) is 4.53. The Bertz CT molecular complexity index is 2050. The van der Waals surface area contributed by atoms with Gasteiger partial charge in [-0.3, -0.25) is 9.67 Å². The van der Waals surface area contributed by atoms with E-state index in [9.17, 15) is 13.5 Å². The monoisotopic (exact) mass is 616 g/mol. The SMILES string of the molecule is Cc1ccc(S(=O)(=O)n2c(-c3cnn(Cc4ccccn4)c3)cc3c(-c4cnc(C5(O)CCC5)s4)c(Cl)cnc32)cc1. The normalized spacial score (nSPS) is 14.7. The Balaban J connectivity index is 1.43. The van der Waals surface area contributed by atoms with Crippen LogP contribution in [-0.4, -0.2) is 42.2 Å². The molecule has 1 aliphatic carbocycles. The van der Waals surface area contributed by atoms with Crippen LogP contribution in [0.1, 0.15) is 35.5 Å². The largest absolute Gasteiger partial charge is 0.383 e. The number of fused-ring (bicyclic) bond motifs is 1. The third-order valence-electron chi connectivity index (χ3n) is 7.61. The van der Waals surface area contributed by atoms with Crippen molar-refractivity contribution < 1.29 is 13.5 Å². The first-order chi connectivity index (χ1) is 20.2. The van der Waals surface area contributed by atoms with Crippen LogP contribution in [0.25, 0.3) is 32.7 Å². The molecule has 212 valence electrons. The molecule has 6 aromatic rings. The van der Waals surface area contributed by atoms with Gasteiger partial charge in [0.15, 0.2) is 5.65 Å². The standard InChI is InChI=1S/C30H25ClN6O3S2/c1-19-6-8-22(9-7-19)42(39,40)37-25(20-14-35-36(17-20)18-21-5-2-3-12-32-21)13-23-27(24(31)15-33-28(23)37)26-16-34-29(41-26)30(38)10-4-11-30/h2-3,5-9,12-17,38H,4,10-11,18H2,1H3.